The van der Waals surface area contributed by atoms with E-state index in [0.717, 1.165) is 24.8 Å². The molecule has 3 N–H and O–H groups in total. The normalized spacial score (nSPS) is 11.7. The Morgan fingerprint density at radius 1 is 1.25 bits per heavy atom. The molecule has 20 heavy (non-hydrogen) atoms. The Bertz CT molecular complexity index is 623. The maximum atomic E-state index is 12.0. The van der Waals surface area contributed by atoms with E-state index in [-0.39, 0.29) is 17.3 Å². The van der Waals surface area contributed by atoms with Gasteiger partial charge in [-0.25, -0.2) is 13.1 Å². The third-order valence-corrected chi connectivity index (χ3v) is 4.15. The van der Waals surface area contributed by atoms with E-state index >= 15 is 0 Å². The van der Waals surface area contributed by atoms with Crippen molar-refractivity contribution in [1.82, 2.24) is 14.9 Å². The van der Waals surface area contributed by atoms with Crippen LogP contribution in [0.3, 0.4) is 0 Å². The molecule has 1 aromatic carbocycles. The Labute approximate surface area is 117 Å². The van der Waals surface area contributed by atoms with Crippen molar-refractivity contribution < 1.29 is 12.9 Å². The lowest BCUT2D eigenvalue weighted by Gasteiger charge is -2.06. The van der Waals surface area contributed by atoms with Gasteiger partial charge in [-0.2, -0.15) is 4.98 Å². The summed E-state index contributed by atoms with van der Waals surface area (Å²) in [5.41, 5.74) is 6.50. The van der Waals surface area contributed by atoms with Crippen LogP contribution in [0.1, 0.15) is 17.8 Å². The molecule has 0 spiro atoms. The Morgan fingerprint density at radius 3 is 2.60 bits per heavy atom. The highest BCUT2D eigenvalue weighted by Gasteiger charge is 2.14. The monoisotopic (exact) mass is 296 g/mol. The van der Waals surface area contributed by atoms with Gasteiger partial charge in [0.15, 0.2) is 5.82 Å². The molecule has 2 rings (SSSR count). The number of sulfonamides is 1. The lowest BCUT2D eigenvalue weighted by atomic mass is 10.1. The summed E-state index contributed by atoms with van der Waals surface area (Å²) in [5, 5.41) is 3.54. The average molecular weight is 296 g/mol. The molecule has 0 radical (unpaired) electrons. The van der Waals surface area contributed by atoms with Gasteiger partial charge >= 0.3 is 0 Å². The van der Waals surface area contributed by atoms with Crippen molar-refractivity contribution in [2.45, 2.75) is 24.3 Å². The predicted molar refractivity (Wildman–Crippen MR) is 72.1 cm³/mol. The Hall–Kier alpha value is -1.77. The molecule has 0 atom stereocenters. The van der Waals surface area contributed by atoms with Gasteiger partial charge in [-0.1, -0.05) is 17.3 Å². The van der Waals surface area contributed by atoms with E-state index in [1.54, 1.807) is 24.3 Å². The fraction of sp³-hybridized carbons (Fsp3) is 0.333. The number of nitrogens with one attached hydrogen (secondary N) is 1. The van der Waals surface area contributed by atoms with Gasteiger partial charge < -0.3 is 10.3 Å². The fourth-order valence-electron chi connectivity index (χ4n) is 1.65. The summed E-state index contributed by atoms with van der Waals surface area (Å²) in [6.07, 6.45) is 2.87. The molecule has 0 fully saturated rings. The van der Waals surface area contributed by atoms with Gasteiger partial charge in [0.1, 0.15) is 0 Å². The maximum Gasteiger partial charge on any atom is 0.240 e. The number of aryl methyl sites for hydroxylation is 1. The van der Waals surface area contributed by atoms with E-state index in [0.29, 0.717) is 6.54 Å². The van der Waals surface area contributed by atoms with E-state index in [4.69, 9.17) is 5.73 Å². The van der Waals surface area contributed by atoms with Crippen LogP contribution in [0.15, 0.2) is 40.1 Å². The highest BCUT2D eigenvalue weighted by atomic mass is 32.2. The smallest absolute Gasteiger partial charge is 0.240 e. The molecule has 7 nitrogen and oxygen atoms in total. The highest BCUT2D eigenvalue weighted by molar-refractivity contribution is 7.89. The van der Waals surface area contributed by atoms with Crippen molar-refractivity contribution in [3.05, 3.63) is 42.0 Å². The zero-order valence-corrected chi connectivity index (χ0v) is 11.6. The molecule has 8 heteroatoms. The molecule has 1 aromatic heterocycles. The zero-order chi connectivity index (χ0) is 14.4. The molecule has 0 aliphatic rings. The molecular weight excluding hydrogens is 280 g/mol. The Kier molecular flexibility index (Phi) is 4.83. The molecule has 1 heterocycles. The van der Waals surface area contributed by atoms with Crippen molar-refractivity contribution in [2.75, 3.05) is 6.54 Å². The van der Waals surface area contributed by atoms with E-state index in [2.05, 4.69) is 19.4 Å². The van der Waals surface area contributed by atoms with Crippen LogP contribution in [0.25, 0.3) is 0 Å². The van der Waals surface area contributed by atoms with Gasteiger partial charge in [0.25, 0.3) is 0 Å². The summed E-state index contributed by atoms with van der Waals surface area (Å²) in [4.78, 5) is 3.95. The Balaban J connectivity index is 2.01. The van der Waals surface area contributed by atoms with Gasteiger partial charge in [0, 0.05) is 0 Å². The van der Waals surface area contributed by atoms with Crippen LogP contribution in [0.2, 0.25) is 0 Å². The molecule has 0 bridgehead atoms. The topological polar surface area (TPSA) is 111 Å². The van der Waals surface area contributed by atoms with E-state index in [1.165, 1.54) is 0 Å². The van der Waals surface area contributed by atoms with Crippen LogP contribution in [0.5, 0.6) is 0 Å². The summed E-state index contributed by atoms with van der Waals surface area (Å²) in [5.74, 6) is 0.285. The van der Waals surface area contributed by atoms with Gasteiger partial charge in [-0.05, 0) is 37.1 Å². The molecule has 0 aliphatic carbocycles. The number of hydrogen-bond acceptors (Lipinski definition) is 6. The van der Waals surface area contributed by atoms with Gasteiger partial charge in [0.05, 0.1) is 11.4 Å². The summed E-state index contributed by atoms with van der Waals surface area (Å²) >= 11 is 0. The number of hydrogen-bond donors (Lipinski definition) is 2. The van der Waals surface area contributed by atoms with Crippen molar-refractivity contribution in [1.29, 1.82) is 0 Å². The van der Waals surface area contributed by atoms with E-state index in [1.807, 2.05) is 0 Å². The largest absolute Gasteiger partial charge is 0.343 e. The molecule has 0 unspecified atom stereocenters. The lowest BCUT2D eigenvalue weighted by molar-refractivity contribution is 0.409. The molecule has 2 aromatic rings. The summed E-state index contributed by atoms with van der Waals surface area (Å²) in [7, 11) is -3.57. The molecule has 0 aliphatic heterocycles. The number of benzene rings is 1. The third-order valence-electron chi connectivity index (χ3n) is 2.73. The maximum absolute atomic E-state index is 12.0. The van der Waals surface area contributed by atoms with Crippen molar-refractivity contribution in [3.8, 4) is 0 Å². The van der Waals surface area contributed by atoms with Crippen molar-refractivity contribution >= 4 is 10.0 Å². The number of aromatic nitrogens is 2. The number of rotatable bonds is 7. The van der Waals surface area contributed by atoms with Gasteiger partial charge in [-0.15, -0.1) is 0 Å². The van der Waals surface area contributed by atoms with Crippen LogP contribution < -0.4 is 10.5 Å². The van der Waals surface area contributed by atoms with Crippen LogP contribution in [0, 0.1) is 0 Å². The van der Waals surface area contributed by atoms with E-state index in [9.17, 15) is 8.42 Å². The average Bonchev–Trinajstić information content (AvgIpc) is 2.97. The summed E-state index contributed by atoms with van der Waals surface area (Å²) < 4.78 is 31.0. The molecule has 0 amide bonds. The first-order valence-corrected chi connectivity index (χ1v) is 7.64. The van der Waals surface area contributed by atoms with Crippen LogP contribution >= 0.6 is 0 Å². The summed E-state index contributed by atoms with van der Waals surface area (Å²) in [6.45, 7) is 0.611. The SMILES string of the molecule is NCCCc1ccc(S(=O)(=O)NCc2ncon2)cc1. The van der Waals surface area contributed by atoms with Crippen molar-refractivity contribution in [2.24, 2.45) is 5.73 Å². The molecular formula is C12H16N4O3S. The standard InChI is InChI=1S/C12H16N4O3S/c13-7-1-2-10-3-5-11(6-4-10)20(17,18)15-8-12-14-9-19-16-12/h3-6,9,15H,1-2,7-8,13H2. The first kappa shape index (κ1) is 14.6. The van der Waals surface area contributed by atoms with Crippen LogP contribution in [-0.2, 0) is 23.0 Å². The minimum Gasteiger partial charge on any atom is -0.343 e. The third kappa shape index (κ3) is 3.86. The quantitative estimate of drug-likeness (QED) is 0.767. The lowest BCUT2D eigenvalue weighted by Crippen LogP contribution is -2.23. The number of nitrogens with two attached hydrogens (primary N) is 1. The van der Waals surface area contributed by atoms with Gasteiger partial charge in [0.2, 0.25) is 16.4 Å². The predicted octanol–water partition coefficient (Wildman–Crippen LogP) is 0.439. The minimum absolute atomic E-state index is 0.00619. The van der Waals surface area contributed by atoms with Crippen molar-refractivity contribution in [3.63, 3.8) is 0 Å². The van der Waals surface area contributed by atoms with Crippen LogP contribution in [-0.4, -0.2) is 25.1 Å². The molecule has 0 saturated heterocycles. The van der Waals surface area contributed by atoms with Crippen LogP contribution in [0.4, 0.5) is 0 Å². The van der Waals surface area contributed by atoms with E-state index < -0.39 is 10.0 Å². The minimum atomic E-state index is -3.57. The first-order valence-electron chi connectivity index (χ1n) is 6.16. The highest BCUT2D eigenvalue weighted by Crippen LogP contribution is 2.12. The zero-order valence-electron chi connectivity index (χ0n) is 10.8. The second-order valence-electron chi connectivity index (χ2n) is 4.21. The second-order valence-corrected chi connectivity index (χ2v) is 5.98. The summed E-state index contributed by atoms with van der Waals surface area (Å²) in [6, 6.07) is 6.73. The molecule has 0 saturated carbocycles. The number of nitrogens with zero attached hydrogens (tertiary/aromatic N) is 2. The Morgan fingerprint density at radius 2 is 2.00 bits per heavy atom. The second kappa shape index (κ2) is 6.60. The fourth-order valence-corrected chi connectivity index (χ4v) is 2.63. The van der Waals surface area contributed by atoms with Gasteiger partial charge in [-0.3, -0.25) is 0 Å². The first-order chi connectivity index (χ1) is 9.62. The molecule has 108 valence electrons.